The highest BCUT2D eigenvalue weighted by Gasteiger charge is 2.46. The smallest absolute Gasteiger partial charge is 0.140 e. The second kappa shape index (κ2) is 8.81. The number of ether oxygens (including phenoxy) is 1. The van der Waals surface area contributed by atoms with E-state index in [2.05, 4.69) is 159 Å². The lowest BCUT2D eigenvalue weighted by molar-refractivity contribution is 0.436. The van der Waals surface area contributed by atoms with E-state index in [9.17, 15) is 0 Å². The average Bonchev–Trinajstić information content (AvgIpc) is 3.27. The largest absolute Gasteiger partial charge is 0.456 e. The Balaban J connectivity index is 1.47. The van der Waals surface area contributed by atoms with Crippen LogP contribution in [0, 0.1) is 0 Å². The molecule has 0 atom stereocenters. The summed E-state index contributed by atoms with van der Waals surface area (Å²) in [4.78, 5) is 0. The summed E-state index contributed by atoms with van der Waals surface area (Å²) in [5.41, 5.74) is 11.9. The molecule has 1 heterocycles. The van der Waals surface area contributed by atoms with Crippen LogP contribution in [0.4, 0.5) is 0 Å². The molecule has 196 valence electrons. The third-order valence-corrected chi connectivity index (χ3v) is 9.21. The predicted octanol–water partition coefficient (Wildman–Crippen LogP) is 10.1. The first kappa shape index (κ1) is 24.0. The van der Waals surface area contributed by atoms with E-state index >= 15 is 0 Å². The van der Waals surface area contributed by atoms with Crippen molar-refractivity contribution < 1.29 is 4.74 Å². The van der Waals surface area contributed by atoms with Crippen molar-refractivity contribution in [1.82, 2.24) is 0 Å². The molecule has 0 spiro atoms. The Morgan fingerprint density at radius 3 is 1.61 bits per heavy atom. The molecule has 1 aliphatic heterocycles. The number of fused-ring (bicyclic) bond motifs is 5. The van der Waals surface area contributed by atoms with Crippen molar-refractivity contribution >= 4 is 0 Å². The summed E-state index contributed by atoms with van der Waals surface area (Å²) in [5, 5.41) is 0. The van der Waals surface area contributed by atoms with E-state index in [-0.39, 0.29) is 5.41 Å². The van der Waals surface area contributed by atoms with Gasteiger partial charge in [-0.05, 0) is 45.0 Å². The van der Waals surface area contributed by atoms with Gasteiger partial charge in [-0.25, -0.2) is 0 Å². The van der Waals surface area contributed by atoms with Crippen LogP contribution in [0.1, 0.15) is 47.2 Å². The van der Waals surface area contributed by atoms with Crippen molar-refractivity contribution in [3.63, 3.8) is 0 Å². The Labute approximate surface area is 241 Å². The quantitative estimate of drug-likeness (QED) is 0.223. The van der Waals surface area contributed by atoms with Crippen LogP contribution in [-0.4, -0.2) is 0 Å². The molecule has 6 aromatic rings. The summed E-state index contributed by atoms with van der Waals surface area (Å²) < 4.78 is 6.97. The van der Waals surface area contributed by atoms with Gasteiger partial charge in [0.2, 0.25) is 0 Å². The normalized spacial score (nSPS) is 15.2. The van der Waals surface area contributed by atoms with Crippen molar-refractivity contribution in [3.05, 3.63) is 179 Å². The molecule has 2 aliphatic rings. The van der Waals surface area contributed by atoms with Gasteiger partial charge in [-0.15, -0.1) is 0 Å². The molecule has 1 aliphatic carbocycles. The minimum Gasteiger partial charge on any atom is -0.456 e. The SMILES string of the molecule is CC1(C)c2ccccc2-c2cccc(-c3cccc4c3Oc3ccccc3C4(c3ccccc3)c3ccccc3)c21. The second-order valence-corrected chi connectivity index (χ2v) is 11.7. The molecule has 41 heavy (non-hydrogen) atoms. The lowest BCUT2D eigenvalue weighted by Gasteiger charge is -2.42. The Morgan fingerprint density at radius 2 is 0.902 bits per heavy atom. The molecule has 1 heteroatoms. The molecule has 0 saturated carbocycles. The van der Waals surface area contributed by atoms with Crippen LogP contribution in [-0.2, 0) is 10.8 Å². The fraction of sp³-hybridized carbons (Fsp3) is 0.100. The van der Waals surface area contributed by atoms with E-state index in [0.29, 0.717) is 0 Å². The first-order valence-corrected chi connectivity index (χ1v) is 14.4. The minimum atomic E-state index is -0.529. The Kier molecular flexibility index (Phi) is 5.15. The first-order chi connectivity index (χ1) is 20.1. The Bertz CT molecular complexity index is 1890. The highest BCUT2D eigenvalue weighted by Crippen LogP contribution is 2.59. The number of hydrogen-bond acceptors (Lipinski definition) is 1. The Hall–Kier alpha value is -4.88. The maximum atomic E-state index is 6.97. The summed E-state index contributed by atoms with van der Waals surface area (Å²) in [5.74, 6) is 1.83. The zero-order valence-electron chi connectivity index (χ0n) is 23.3. The van der Waals surface area contributed by atoms with Gasteiger partial charge in [0.25, 0.3) is 0 Å². The molecule has 6 aromatic carbocycles. The van der Waals surface area contributed by atoms with Gasteiger partial charge in [-0.3, -0.25) is 0 Å². The molecule has 0 unspecified atom stereocenters. The third kappa shape index (κ3) is 3.24. The van der Waals surface area contributed by atoms with E-state index < -0.39 is 5.41 Å². The summed E-state index contributed by atoms with van der Waals surface area (Å²) in [6.45, 7) is 4.70. The molecule has 0 fully saturated rings. The van der Waals surface area contributed by atoms with Gasteiger partial charge in [0, 0.05) is 22.1 Å². The van der Waals surface area contributed by atoms with Gasteiger partial charge in [0.1, 0.15) is 11.5 Å². The van der Waals surface area contributed by atoms with Crippen molar-refractivity contribution in [2.24, 2.45) is 0 Å². The number of rotatable bonds is 3. The highest BCUT2D eigenvalue weighted by atomic mass is 16.5. The maximum absolute atomic E-state index is 6.97. The summed E-state index contributed by atoms with van der Waals surface area (Å²) in [7, 11) is 0. The fourth-order valence-corrected chi connectivity index (χ4v) is 7.51. The lowest BCUT2D eigenvalue weighted by Crippen LogP contribution is -2.34. The van der Waals surface area contributed by atoms with Crippen molar-refractivity contribution in [2.75, 3.05) is 0 Å². The van der Waals surface area contributed by atoms with Crippen molar-refractivity contribution in [1.29, 1.82) is 0 Å². The molecule has 0 saturated heterocycles. The minimum absolute atomic E-state index is 0.131. The van der Waals surface area contributed by atoms with E-state index in [1.54, 1.807) is 0 Å². The van der Waals surface area contributed by atoms with Gasteiger partial charge in [0.05, 0.1) is 5.41 Å². The van der Waals surface area contributed by atoms with E-state index in [1.165, 1.54) is 38.9 Å². The molecular formula is C40H30O. The molecular weight excluding hydrogens is 496 g/mol. The van der Waals surface area contributed by atoms with Crippen LogP contribution in [0.15, 0.2) is 146 Å². The lowest BCUT2D eigenvalue weighted by atomic mass is 9.63. The average molecular weight is 527 g/mol. The first-order valence-electron chi connectivity index (χ1n) is 14.4. The molecule has 0 N–H and O–H groups in total. The van der Waals surface area contributed by atoms with Crippen LogP contribution in [0.5, 0.6) is 11.5 Å². The van der Waals surface area contributed by atoms with Crippen molar-refractivity contribution in [2.45, 2.75) is 24.7 Å². The Morgan fingerprint density at radius 1 is 0.415 bits per heavy atom. The van der Waals surface area contributed by atoms with Gasteiger partial charge in [-0.1, -0.05) is 153 Å². The second-order valence-electron chi connectivity index (χ2n) is 11.7. The van der Waals surface area contributed by atoms with Gasteiger partial charge in [-0.2, -0.15) is 0 Å². The topological polar surface area (TPSA) is 9.23 Å². The van der Waals surface area contributed by atoms with E-state index in [1.807, 2.05) is 0 Å². The molecule has 0 radical (unpaired) electrons. The molecule has 0 bridgehead atoms. The standard InChI is InChI=1S/C40H30O/c1-39(2)33-23-10-9-19-29(33)30-20-13-21-31(37(30)39)32-22-14-25-35-38(32)41-36-26-12-11-24-34(36)40(35,27-15-5-3-6-16-27)28-17-7-4-8-18-28/h3-26H,1-2H3. The molecule has 0 amide bonds. The molecule has 1 nitrogen and oxygen atoms in total. The highest BCUT2D eigenvalue weighted by molar-refractivity contribution is 5.90. The summed E-state index contributed by atoms with van der Waals surface area (Å²) >= 11 is 0. The zero-order valence-corrected chi connectivity index (χ0v) is 23.3. The predicted molar refractivity (Wildman–Crippen MR) is 168 cm³/mol. The van der Waals surface area contributed by atoms with Crippen molar-refractivity contribution in [3.8, 4) is 33.8 Å². The summed E-state index contributed by atoms with van der Waals surface area (Å²) in [6.07, 6.45) is 0. The van der Waals surface area contributed by atoms with Crippen LogP contribution in [0.25, 0.3) is 22.3 Å². The van der Waals surface area contributed by atoms with Crippen LogP contribution >= 0.6 is 0 Å². The summed E-state index contributed by atoms with van der Waals surface area (Å²) in [6, 6.07) is 52.6. The van der Waals surface area contributed by atoms with E-state index in [4.69, 9.17) is 4.74 Å². The van der Waals surface area contributed by atoms with Crippen LogP contribution in [0.2, 0.25) is 0 Å². The van der Waals surface area contributed by atoms with Crippen LogP contribution in [0.3, 0.4) is 0 Å². The molecule has 8 rings (SSSR count). The fourth-order valence-electron chi connectivity index (χ4n) is 7.51. The van der Waals surface area contributed by atoms with Gasteiger partial charge >= 0.3 is 0 Å². The third-order valence-electron chi connectivity index (χ3n) is 9.21. The maximum Gasteiger partial charge on any atom is 0.140 e. The monoisotopic (exact) mass is 526 g/mol. The zero-order chi connectivity index (χ0) is 27.6. The van der Waals surface area contributed by atoms with E-state index in [0.717, 1.165) is 28.2 Å². The van der Waals surface area contributed by atoms with Gasteiger partial charge in [0.15, 0.2) is 0 Å². The van der Waals surface area contributed by atoms with Gasteiger partial charge < -0.3 is 4.74 Å². The number of para-hydroxylation sites is 2. The van der Waals surface area contributed by atoms with Crippen LogP contribution < -0.4 is 4.74 Å². The number of hydrogen-bond donors (Lipinski definition) is 0. The molecule has 0 aromatic heterocycles. The number of benzene rings is 6.